The van der Waals surface area contributed by atoms with Gasteiger partial charge in [-0.25, -0.2) is 0 Å². The molecule has 1 aromatic rings. The van der Waals surface area contributed by atoms with Crippen LogP contribution in [-0.2, 0) is 0 Å². The minimum Gasteiger partial charge on any atom is -0.487 e. The molecule has 1 atom stereocenters. The molecule has 0 aromatic heterocycles. The third-order valence-corrected chi connectivity index (χ3v) is 2.69. The summed E-state index contributed by atoms with van der Waals surface area (Å²) in [4.78, 5) is 13.2. The average molecular weight is 280 g/mol. The van der Waals surface area contributed by atoms with Crippen molar-refractivity contribution in [2.75, 3.05) is 13.2 Å². The molecule has 1 N–H and O–H groups in total. The highest BCUT2D eigenvalue weighted by Crippen LogP contribution is 2.33. The monoisotopic (exact) mass is 280 g/mol. The normalized spacial score (nSPS) is 11.5. The second-order valence-corrected chi connectivity index (χ2v) is 4.00. The Morgan fingerprint density at radius 3 is 2.90 bits per heavy atom. The molecule has 0 radical (unpaired) electrons. The Morgan fingerprint density at radius 2 is 2.35 bits per heavy atom. The van der Waals surface area contributed by atoms with Crippen LogP contribution in [0.5, 0.6) is 5.75 Å². The van der Waals surface area contributed by atoms with E-state index in [-0.39, 0.29) is 18.0 Å². The highest BCUT2D eigenvalue weighted by Gasteiger charge is 2.19. The average Bonchev–Trinajstić information content (AvgIpc) is 2.44. The molecule has 0 saturated carbocycles. The van der Waals surface area contributed by atoms with Gasteiger partial charge < -0.3 is 9.84 Å². The van der Waals surface area contributed by atoms with Crippen LogP contribution >= 0.6 is 0 Å². The number of rotatable bonds is 8. The molecule has 0 aliphatic heterocycles. The molecule has 0 aliphatic rings. The minimum absolute atomic E-state index is 0.0312. The second kappa shape index (κ2) is 7.98. The summed E-state index contributed by atoms with van der Waals surface area (Å²) in [5.74, 6) is 0.183. The molecule has 0 fully saturated rings. The maximum Gasteiger partial charge on any atom is 0.311 e. The van der Waals surface area contributed by atoms with Crippen LogP contribution in [0.2, 0.25) is 0 Å². The van der Waals surface area contributed by atoms with E-state index in [1.807, 2.05) is 0 Å². The van der Waals surface area contributed by atoms with E-state index in [9.17, 15) is 10.1 Å². The Kier molecular flexibility index (Phi) is 6.28. The first-order valence-electron chi connectivity index (χ1n) is 6.20. The van der Waals surface area contributed by atoms with Crippen LogP contribution in [0.3, 0.4) is 0 Å². The topological polar surface area (TPSA) is 121 Å². The van der Waals surface area contributed by atoms with E-state index in [0.717, 1.165) is 0 Å². The molecule has 0 amide bonds. The van der Waals surface area contributed by atoms with Crippen molar-refractivity contribution in [3.05, 3.63) is 44.3 Å². The van der Waals surface area contributed by atoms with Gasteiger partial charge in [0.05, 0.1) is 17.6 Å². The van der Waals surface area contributed by atoms with Crippen LogP contribution in [0, 0.1) is 10.1 Å². The predicted octanol–water partition coefficient (Wildman–Crippen LogP) is 3.12. The second-order valence-electron chi connectivity index (χ2n) is 4.00. The van der Waals surface area contributed by atoms with E-state index in [1.165, 1.54) is 12.1 Å². The molecule has 0 bridgehead atoms. The van der Waals surface area contributed by atoms with Crippen molar-refractivity contribution in [3.63, 3.8) is 0 Å². The van der Waals surface area contributed by atoms with Crippen LogP contribution < -0.4 is 4.74 Å². The first-order chi connectivity index (χ1) is 9.63. The summed E-state index contributed by atoms with van der Waals surface area (Å²) in [7, 11) is 0. The minimum atomic E-state index is -0.540. The van der Waals surface area contributed by atoms with Gasteiger partial charge in [0.2, 0.25) is 0 Å². The summed E-state index contributed by atoms with van der Waals surface area (Å²) in [6, 6.07) is 3.94. The van der Waals surface area contributed by atoms with Gasteiger partial charge in [0.15, 0.2) is 5.75 Å². The summed E-state index contributed by atoms with van der Waals surface area (Å²) >= 11 is 0. The number of aliphatic hydroxyl groups excluding tert-OH is 1. The third-order valence-electron chi connectivity index (χ3n) is 2.69. The van der Waals surface area contributed by atoms with Crippen molar-refractivity contribution in [2.24, 2.45) is 5.11 Å². The summed E-state index contributed by atoms with van der Waals surface area (Å²) in [6.07, 6.45) is 0.871. The molecule has 1 aromatic carbocycles. The summed E-state index contributed by atoms with van der Waals surface area (Å²) in [6.45, 7) is 2.03. The molecule has 8 nitrogen and oxygen atoms in total. The quantitative estimate of drug-likeness (QED) is 0.258. The fourth-order valence-electron chi connectivity index (χ4n) is 1.80. The molecule has 0 heterocycles. The number of nitrogens with zero attached hydrogens (tertiary/aromatic N) is 4. The Balaban J connectivity index is 3.13. The molecule has 0 saturated heterocycles. The van der Waals surface area contributed by atoms with Crippen molar-refractivity contribution in [1.82, 2.24) is 0 Å². The lowest BCUT2D eigenvalue weighted by Crippen LogP contribution is -2.01. The summed E-state index contributed by atoms with van der Waals surface area (Å²) < 4.78 is 5.19. The molecule has 0 aliphatic carbocycles. The van der Waals surface area contributed by atoms with Gasteiger partial charge in [0, 0.05) is 17.6 Å². The molecular formula is C12H16N4O4. The van der Waals surface area contributed by atoms with E-state index in [1.54, 1.807) is 13.0 Å². The van der Waals surface area contributed by atoms with Gasteiger partial charge in [0.1, 0.15) is 0 Å². The zero-order chi connectivity index (χ0) is 15.0. The van der Waals surface area contributed by atoms with E-state index >= 15 is 0 Å². The predicted molar refractivity (Wildman–Crippen MR) is 72.5 cm³/mol. The number of azide groups is 1. The van der Waals surface area contributed by atoms with Gasteiger partial charge in [-0.2, -0.15) is 0 Å². The molecular weight excluding hydrogens is 264 g/mol. The smallest absolute Gasteiger partial charge is 0.311 e. The fourth-order valence-corrected chi connectivity index (χ4v) is 1.80. The third kappa shape index (κ3) is 4.11. The first-order valence-corrected chi connectivity index (χ1v) is 6.20. The van der Waals surface area contributed by atoms with Crippen molar-refractivity contribution < 1.29 is 14.8 Å². The standard InChI is InChI=1S/C12H16N4O4/c1-2-20-12-6-5-9(8-11(12)16(18)19)10(14-15-13)4-3-7-17/h5-6,8,10,17H,2-4,7H2,1H3. The number of benzene rings is 1. The Labute approximate surface area is 115 Å². The maximum atomic E-state index is 11.0. The highest BCUT2D eigenvalue weighted by molar-refractivity contribution is 5.49. The Bertz CT molecular complexity index is 514. The van der Waals surface area contributed by atoms with Gasteiger partial charge >= 0.3 is 5.69 Å². The van der Waals surface area contributed by atoms with Crippen LogP contribution in [0.4, 0.5) is 5.69 Å². The van der Waals surface area contributed by atoms with E-state index in [2.05, 4.69) is 10.0 Å². The Morgan fingerprint density at radius 1 is 1.60 bits per heavy atom. The number of hydrogen-bond acceptors (Lipinski definition) is 5. The molecule has 1 rings (SSSR count). The highest BCUT2D eigenvalue weighted by atomic mass is 16.6. The SMILES string of the molecule is CCOc1ccc(C(CCCO)N=[N+]=[N-])cc1[N+](=O)[O-]. The zero-order valence-electron chi connectivity index (χ0n) is 11.1. The lowest BCUT2D eigenvalue weighted by atomic mass is 10.0. The van der Waals surface area contributed by atoms with Gasteiger partial charge in [0.25, 0.3) is 0 Å². The van der Waals surface area contributed by atoms with Crippen LogP contribution in [0.1, 0.15) is 31.4 Å². The van der Waals surface area contributed by atoms with Gasteiger partial charge in [-0.3, -0.25) is 10.1 Å². The van der Waals surface area contributed by atoms with Gasteiger partial charge in [-0.1, -0.05) is 11.2 Å². The molecule has 0 spiro atoms. The van der Waals surface area contributed by atoms with Crippen molar-refractivity contribution in [2.45, 2.75) is 25.8 Å². The number of aliphatic hydroxyl groups is 1. The first kappa shape index (κ1) is 15.7. The number of ether oxygens (including phenoxy) is 1. The van der Waals surface area contributed by atoms with Crippen LogP contribution in [0.25, 0.3) is 10.4 Å². The van der Waals surface area contributed by atoms with Crippen molar-refractivity contribution in [3.8, 4) is 5.75 Å². The maximum absolute atomic E-state index is 11.0. The number of nitro benzene ring substituents is 1. The molecule has 108 valence electrons. The zero-order valence-corrected chi connectivity index (χ0v) is 11.1. The van der Waals surface area contributed by atoms with E-state index in [0.29, 0.717) is 25.0 Å². The van der Waals surface area contributed by atoms with Crippen molar-refractivity contribution in [1.29, 1.82) is 0 Å². The lowest BCUT2D eigenvalue weighted by molar-refractivity contribution is -0.385. The number of nitro groups is 1. The van der Waals surface area contributed by atoms with Gasteiger partial charge in [-0.05, 0) is 36.9 Å². The number of hydrogen-bond donors (Lipinski definition) is 1. The molecule has 8 heteroatoms. The molecule has 1 unspecified atom stereocenters. The van der Waals surface area contributed by atoms with Gasteiger partial charge in [-0.15, -0.1) is 0 Å². The largest absolute Gasteiger partial charge is 0.487 e. The Hall–Kier alpha value is -2.31. The summed E-state index contributed by atoms with van der Waals surface area (Å²) in [5.41, 5.74) is 8.92. The molecule has 20 heavy (non-hydrogen) atoms. The van der Waals surface area contributed by atoms with E-state index in [4.69, 9.17) is 15.4 Å². The fraction of sp³-hybridized carbons (Fsp3) is 0.500. The van der Waals surface area contributed by atoms with Crippen LogP contribution in [0.15, 0.2) is 23.3 Å². The van der Waals surface area contributed by atoms with E-state index < -0.39 is 11.0 Å². The van der Waals surface area contributed by atoms with Crippen LogP contribution in [-0.4, -0.2) is 23.2 Å². The van der Waals surface area contributed by atoms with Crippen molar-refractivity contribution >= 4 is 5.69 Å². The lowest BCUT2D eigenvalue weighted by Gasteiger charge is -2.12. The summed E-state index contributed by atoms with van der Waals surface area (Å²) in [5, 5.41) is 23.5.